The lowest BCUT2D eigenvalue weighted by Crippen LogP contribution is -2.45. The third-order valence-corrected chi connectivity index (χ3v) is 8.59. The number of unbranched alkanes of at least 4 members (excludes halogenated alkanes) is 14. The van der Waals surface area contributed by atoms with Crippen LogP contribution >= 0.6 is 7.82 Å². The van der Waals surface area contributed by atoms with E-state index in [9.17, 15) is 19.4 Å². The van der Waals surface area contributed by atoms with Crippen molar-refractivity contribution in [3.8, 4) is 0 Å². The van der Waals surface area contributed by atoms with E-state index in [1.807, 2.05) is 27.2 Å². The van der Waals surface area contributed by atoms with Crippen LogP contribution in [0.25, 0.3) is 0 Å². The number of hydrogen-bond acceptors (Lipinski definition) is 5. The molecule has 0 rings (SSSR count). The van der Waals surface area contributed by atoms with Gasteiger partial charge in [0, 0.05) is 6.42 Å². The van der Waals surface area contributed by atoms with E-state index < -0.39 is 20.0 Å². The molecule has 264 valence electrons. The Bertz CT molecular complexity index is 840. The molecule has 0 fully saturated rings. The molecule has 0 saturated heterocycles. The van der Waals surface area contributed by atoms with E-state index in [1.165, 1.54) is 51.4 Å². The Morgan fingerprint density at radius 3 is 1.84 bits per heavy atom. The molecule has 0 radical (unpaired) electrons. The summed E-state index contributed by atoms with van der Waals surface area (Å²) in [5.41, 5.74) is 0. The lowest BCUT2D eigenvalue weighted by molar-refractivity contribution is -0.870. The van der Waals surface area contributed by atoms with Crippen LogP contribution in [0.4, 0.5) is 0 Å². The Hall–Kier alpha value is -1.28. The van der Waals surface area contributed by atoms with Crippen molar-refractivity contribution in [2.24, 2.45) is 0 Å². The monoisotopic (exact) mass is 657 g/mol. The molecule has 3 unspecified atom stereocenters. The fraction of sp³-hybridized carbons (Fsp3) is 0.806. The second kappa shape index (κ2) is 28.9. The first-order valence-electron chi connectivity index (χ1n) is 17.9. The summed E-state index contributed by atoms with van der Waals surface area (Å²) in [5.74, 6) is -0.198. The normalized spacial score (nSPS) is 15.3. The maximum Gasteiger partial charge on any atom is 0.472 e. The Labute approximate surface area is 276 Å². The lowest BCUT2D eigenvalue weighted by Gasteiger charge is -2.25. The van der Waals surface area contributed by atoms with Crippen LogP contribution in [-0.2, 0) is 18.4 Å². The predicted molar refractivity (Wildman–Crippen MR) is 189 cm³/mol. The minimum Gasteiger partial charge on any atom is -0.387 e. The topological polar surface area (TPSA) is 105 Å². The van der Waals surface area contributed by atoms with Crippen molar-refractivity contribution in [2.75, 3.05) is 40.9 Å². The minimum atomic E-state index is -4.32. The first-order chi connectivity index (χ1) is 21.5. The van der Waals surface area contributed by atoms with Crippen molar-refractivity contribution in [2.45, 2.75) is 148 Å². The quantitative estimate of drug-likeness (QED) is 0.0298. The van der Waals surface area contributed by atoms with E-state index in [2.05, 4.69) is 43.5 Å². The number of aliphatic hydroxyl groups is 1. The highest BCUT2D eigenvalue weighted by Crippen LogP contribution is 2.43. The zero-order valence-electron chi connectivity index (χ0n) is 29.6. The van der Waals surface area contributed by atoms with Gasteiger partial charge in [-0.25, -0.2) is 4.57 Å². The number of nitrogens with zero attached hydrogens (tertiary/aromatic N) is 1. The van der Waals surface area contributed by atoms with Crippen LogP contribution in [-0.4, -0.2) is 73.4 Å². The van der Waals surface area contributed by atoms with E-state index in [4.69, 9.17) is 9.05 Å². The summed E-state index contributed by atoms with van der Waals surface area (Å²) in [4.78, 5) is 22.8. The molecule has 0 heterocycles. The lowest BCUT2D eigenvalue weighted by atomic mass is 10.1. The van der Waals surface area contributed by atoms with Crippen LogP contribution in [0.5, 0.6) is 0 Å². The molecule has 0 aliphatic rings. The molecule has 0 spiro atoms. The molecule has 1 amide bonds. The molecule has 0 aliphatic carbocycles. The molecule has 8 nitrogen and oxygen atoms in total. The third kappa shape index (κ3) is 31.1. The van der Waals surface area contributed by atoms with Gasteiger partial charge in [0.25, 0.3) is 0 Å². The molecule has 0 aromatic heterocycles. The van der Waals surface area contributed by atoms with E-state index in [-0.39, 0.29) is 19.1 Å². The number of phosphoric acid groups is 1. The van der Waals surface area contributed by atoms with Gasteiger partial charge in [0.05, 0.1) is 39.9 Å². The Morgan fingerprint density at radius 1 is 0.756 bits per heavy atom. The van der Waals surface area contributed by atoms with Gasteiger partial charge in [0.15, 0.2) is 0 Å². The average molecular weight is 658 g/mol. The highest BCUT2D eigenvalue weighted by molar-refractivity contribution is 7.47. The maximum atomic E-state index is 12.7. The number of quaternary nitrogens is 1. The highest BCUT2D eigenvalue weighted by Gasteiger charge is 2.27. The highest BCUT2D eigenvalue weighted by atomic mass is 31.2. The first-order valence-corrected chi connectivity index (χ1v) is 19.4. The third-order valence-electron chi connectivity index (χ3n) is 7.60. The Balaban J connectivity index is 4.48. The average Bonchev–Trinajstić information content (AvgIpc) is 2.97. The fourth-order valence-electron chi connectivity index (χ4n) is 4.66. The molecule has 0 bridgehead atoms. The molecular weight excluding hydrogens is 587 g/mol. The van der Waals surface area contributed by atoms with Crippen LogP contribution < -0.4 is 5.32 Å². The number of likely N-dealkylation sites (N-methyl/N-ethyl adjacent to an activating group) is 1. The first kappa shape index (κ1) is 43.7. The number of nitrogens with one attached hydrogen (secondary N) is 1. The fourth-order valence-corrected chi connectivity index (χ4v) is 5.39. The van der Waals surface area contributed by atoms with Crippen LogP contribution in [0.2, 0.25) is 0 Å². The van der Waals surface area contributed by atoms with Gasteiger partial charge in [-0.1, -0.05) is 115 Å². The number of carbonyl (C=O) groups is 1. The summed E-state index contributed by atoms with van der Waals surface area (Å²) in [7, 11) is 1.55. The molecule has 3 N–H and O–H groups in total. The van der Waals surface area contributed by atoms with Gasteiger partial charge in [0.1, 0.15) is 13.2 Å². The molecule has 0 aromatic rings. The molecule has 0 saturated carbocycles. The predicted octanol–water partition coefficient (Wildman–Crippen LogP) is 8.79. The van der Waals surface area contributed by atoms with Crippen LogP contribution in [0, 0.1) is 0 Å². The number of carbonyl (C=O) groups excluding carboxylic acids is 1. The molecular formula is C36H70N2O6P+. The maximum absolute atomic E-state index is 12.7. The minimum absolute atomic E-state index is 0.0572. The largest absolute Gasteiger partial charge is 0.472 e. The number of aliphatic hydroxyl groups excluding tert-OH is 1. The summed E-state index contributed by atoms with van der Waals surface area (Å²) in [6.07, 6.45) is 32.2. The van der Waals surface area contributed by atoms with Gasteiger partial charge >= 0.3 is 7.82 Å². The zero-order valence-corrected chi connectivity index (χ0v) is 30.5. The molecule has 9 heteroatoms. The second-order valence-corrected chi connectivity index (χ2v) is 14.7. The van der Waals surface area contributed by atoms with E-state index in [0.29, 0.717) is 17.4 Å². The Morgan fingerprint density at radius 2 is 1.27 bits per heavy atom. The van der Waals surface area contributed by atoms with Crippen molar-refractivity contribution in [3.63, 3.8) is 0 Å². The molecule has 0 aromatic carbocycles. The van der Waals surface area contributed by atoms with Crippen molar-refractivity contribution < 1.29 is 32.9 Å². The van der Waals surface area contributed by atoms with Crippen molar-refractivity contribution >= 4 is 13.7 Å². The number of hydrogen-bond donors (Lipinski definition) is 3. The van der Waals surface area contributed by atoms with Crippen molar-refractivity contribution in [3.05, 3.63) is 36.5 Å². The number of phosphoric ester groups is 1. The van der Waals surface area contributed by atoms with Crippen molar-refractivity contribution in [1.82, 2.24) is 5.32 Å². The van der Waals surface area contributed by atoms with Gasteiger partial charge in [-0.05, 0) is 51.4 Å². The van der Waals surface area contributed by atoms with E-state index in [1.54, 1.807) is 6.08 Å². The number of allylic oxidation sites excluding steroid dienone is 5. The van der Waals surface area contributed by atoms with Gasteiger partial charge in [-0.15, -0.1) is 0 Å². The van der Waals surface area contributed by atoms with E-state index >= 15 is 0 Å². The smallest absolute Gasteiger partial charge is 0.387 e. The zero-order chi connectivity index (χ0) is 33.7. The number of rotatable bonds is 31. The summed E-state index contributed by atoms with van der Waals surface area (Å²) >= 11 is 0. The SMILES string of the molecule is CCCCCC/C=C\C/C=C\CCCCCCCC(=O)NC(COP(=O)(O)OCC[N+](C)(C)C)C(O)/C=C/CCCCCCC. The van der Waals surface area contributed by atoms with Gasteiger partial charge in [0.2, 0.25) is 5.91 Å². The summed E-state index contributed by atoms with van der Waals surface area (Å²) in [5, 5.41) is 13.6. The summed E-state index contributed by atoms with van der Waals surface area (Å²) in [6.45, 7) is 4.69. The van der Waals surface area contributed by atoms with Crippen molar-refractivity contribution in [1.29, 1.82) is 0 Å². The van der Waals surface area contributed by atoms with Gasteiger partial charge < -0.3 is 19.8 Å². The second-order valence-electron chi connectivity index (χ2n) is 13.2. The van der Waals surface area contributed by atoms with Gasteiger partial charge in [-0.3, -0.25) is 13.8 Å². The van der Waals surface area contributed by atoms with E-state index in [0.717, 1.165) is 64.2 Å². The molecule has 45 heavy (non-hydrogen) atoms. The standard InChI is InChI=1S/C36H69N2O6P/c1-6-8-10-12-14-15-16-17-18-19-20-21-22-24-26-28-30-36(40)37-34(35(39)29-27-25-23-13-11-9-7-2)33-44-45(41,42)43-32-31-38(3,4)5/h15-16,18-19,27,29,34-35,39H,6-14,17,20-26,28,30-33H2,1-5H3,(H-,37,40,41,42)/p+1/b16-15-,19-18-,29-27+. The van der Waals surface area contributed by atoms with Crippen LogP contribution in [0.1, 0.15) is 136 Å². The molecule has 0 aliphatic heterocycles. The van der Waals surface area contributed by atoms with Gasteiger partial charge in [-0.2, -0.15) is 0 Å². The summed E-state index contributed by atoms with van der Waals surface area (Å²) < 4.78 is 23.3. The number of amides is 1. The van der Waals surface area contributed by atoms with Crippen LogP contribution in [0.15, 0.2) is 36.5 Å². The Kier molecular flexibility index (Phi) is 28.1. The molecule has 3 atom stereocenters. The summed E-state index contributed by atoms with van der Waals surface area (Å²) in [6, 6.07) is -0.848. The van der Waals surface area contributed by atoms with Crippen LogP contribution in [0.3, 0.4) is 0 Å².